The van der Waals surface area contributed by atoms with Gasteiger partial charge < -0.3 is 10.2 Å². The monoisotopic (exact) mass is 449 g/mol. The van der Waals surface area contributed by atoms with Crippen molar-refractivity contribution in [3.05, 3.63) is 35.4 Å². The van der Waals surface area contributed by atoms with Crippen molar-refractivity contribution < 1.29 is 9.59 Å². The number of nitrogens with one attached hydrogen (secondary N) is 1. The molecule has 6 fully saturated rings. The fourth-order valence-corrected chi connectivity index (χ4v) is 8.27. The second-order valence-corrected chi connectivity index (χ2v) is 11.8. The maximum atomic E-state index is 13.2. The third-order valence-electron chi connectivity index (χ3n) is 9.62. The summed E-state index contributed by atoms with van der Waals surface area (Å²) in [5, 5.41) is 3.26. The van der Waals surface area contributed by atoms with E-state index in [1.165, 1.54) is 44.9 Å². The van der Waals surface area contributed by atoms with E-state index in [0.717, 1.165) is 80.4 Å². The molecule has 5 heteroatoms. The lowest BCUT2D eigenvalue weighted by Crippen LogP contribution is -2.53. The van der Waals surface area contributed by atoms with Crippen LogP contribution in [0.15, 0.2) is 24.3 Å². The molecular formula is C28H39N3O2. The van der Waals surface area contributed by atoms with Gasteiger partial charge in [-0.3, -0.25) is 14.5 Å². The summed E-state index contributed by atoms with van der Waals surface area (Å²) in [5.41, 5.74) is 1.75. The van der Waals surface area contributed by atoms with Crippen LogP contribution in [0.4, 0.5) is 0 Å². The highest BCUT2D eigenvalue weighted by molar-refractivity contribution is 5.94. The zero-order valence-corrected chi connectivity index (χ0v) is 19.9. The lowest BCUT2D eigenvalue weighted by Gasteiger charge is -2.55. The Morgan fingerprint density at radius 3 is 2.00 bits per heavy atom. The van der Waals surface area contributed by atoms with E-state index in [-0.39, 0.29) is 17.2 Å². The first kappa shape index (κ1) is 21.6. The van der Waals surface area contributed by atoms with Crippen LogP contribution in [-0.4, -0.2) is 53.8 Å². The van der Waals surface area contributed by atoms with Gasteiger partial charge in [-0.2, -0.15) is 0 Å². The molecule has 0 spiro atoms. The van der Waals surface area contributed by atoms with E-state index in [1.54, 1.807) is 0 Å². The molecule has 6 aliphatic rings. The molecular weight excluding hydrogens is 410 g/mol. The van der Waals surface area contributed by atoms with E-state index in [4.69, 9.17) is 0 Å². The summed E-state index contributed by atoms with van der Waals surface area (Å²) in [6.07, 6.45) is 12.8. The van der Waals surface area contributed by atoms with Crippen molar-refractivity contribution in [1.82, 2.24) is 15.1 Å². The highest BCUT2D eigenvalue weighted by atomic mass is 16.2. The fraction of sp³-hybridized carbons (Fsp3) is 0.714. The van der Waals surface area contributed by atoms with Gasteiger partial charge in [0, 0.05) is 49.7 Å². The number of hydrogen-bond acceptors (Lipinski definition) is 3. The highest BCUT2D eigenvalue weighted by Gasteiger charge is 2.54. The molecule has 0 unspecified atom stereocenters. The zero-order valence-electron chi connectivity index (χ0n) is 19.9. The first-order valence-corrected chi connectivity index (χ1v) is 13.5. The van der Waals surface area contributed by atoms with Gasteiger partial charge in [-0.1, -0.05) is 25.0 Å². The van der Waals surface area contributed by atoms with Gasteiger partial charge in [-0.25, -0.2) is 0 Å². The Morgan fingerprint density at radius 1 is 0.848 bits per heavy atom. The van der Waals surface area contributed by atoms with Crippen molar-refractivity contribution in [1.29, 1.82) is 0 Å². The van der Waals surface area contributed by atoms with Gasteiger partial charge in [0.15, 0.2) is 0 Å². The summed E-state index contributed by atoms with van der Waals surface area (Å²) in [4.78, 5) is 30.8. The van der Waals surface area contributed by atoms with Gasteiger partial charge in [0.2, 0.25) is 5.91 Å². The molecule has 0 atom stereocenters. The number of amides is 2. The van der Waals surface area contributed by atoms with Gasteiger partial charge in [0.25, 0.3) is 5.91 Å². The Balaban J connectivity index is 1.01. The van der Waals surface area contributed by atoms with Gasteiger partial charge >= 0.3 is 0 Å². The molecule has 178 valence electrons. The standard InChI is InChI=1S/C28H39N3O2/c32-26(31-11-9-30(10-12-31)25-3-1-2-4-25)24-7-5-20(6-8-24)19-29-27(33)28-16-21-13-22(17-28)15-23(14-21)18-28/h5-8,21-23,25H,1-4,9-19H2,(H,29,33). The Hall–Kier alpha value is -1.88. The lowest BCUT2D eigenvalue weighted by molar-refractivity contribution is -0.146. The first-order chi connectivity index (χ1) is 16.1. The number of nitrogens with zero attached hydrogens (tertiary/aromatic N) is 2. The topological polar surface area (TPSA) is 52.7 Å². The van der Waals surface area contributed by atoms with E-state index in [9.17, 15) is 9.59 Å². The summed E-state index contributed by atoms with van der Waals surface area (Å²) in [6, 6.07) is 8.66. The van der Waals surface area contributed by atoms with Crippen molar-refractivity contribution in [2.24, 2.45) is 23.2 Å². The quantitative estimate of drug-likeness (QED) is 0.732. The third-order valence-corrected chi connectivity index (χ3v) is 9.62. The molecule has 1 N–H and O–H groups in total. The second-order valence-electron chi connectivity index (χ2n) is 11.8. The van der Waals surface area contributed by atoms with Crippen LogP contribution in [0.2, 0.25) is 0 Å². The second kappa shape index (κ2) is 8.72. The van der Waals surface area contributed by atoms with Gasteiger partial charge in [0.1, 0.15) is 0 Å². The zero-order chi connectivity index (χ0) is 22.4. The number of hydrogen-bond donors (Lipinski definition) is 1. The van der Waals surface area contributed by atoms with Crippen LogP contribution >= 0.6 is 0 Å². The smallest absolute Gasteiger partial charge is 0.253 e. The lowest BCUT2D eigenvalue weighted by atomic mass is 9.49. The summed E-state index contributed by atoms with van der Waals surface area (Å²) >= 11 is 0. The Labute approximate surface area is 198 Å². The Bertz CT molecular complexity index is 846. The average molecular weight is 450 g/mol. The number of piperazine rings is 1. The minimum atomic E-state index is -0.0920. The number of rotatable bonds is 5. The molecule has 7 rings (SSSR count). The Morgan fingerprint density at radius 2 is 1.42 bits per heavy atom. The maximum absolute atomic E-state index is 13.2. The van der Waals surface area contributed by atoms with E-state index in [1.807, 2.05) is 29.2 Å². The molecule has 1 aliphatic heterocycles. The van der Waals surface area contributed by atoms with Crippen LogP contribution in [0.1, 0.15) is 80.1 Å². The number of carbonyl (C=O) groups is 2. The summed E-state index contributed by atoms with van der Waals surface area (Å²) < 4.78 is 0. The maximum Gasteiger partial charge on any atom is 0.253 e. The molecule has 4 bridgehead atoms. The number of carbonyl (C=O) groups excluding carboxylic acids is 2. The van der Waals surface area contributed by atoms with Crippen molar-refractivity contribution in [3.63, 3.8) is 0 Å². The molecule has 5 saturated carbocycles. The summed E-state index contributed by atoms with van der Waals surface area (Å²) in [7, 11) is 0. The van der Waals surface area contributed by atoms with E-state index in [0.29, 0.717) is 6.54 Å². The van der Waals surface area contributed by atoms with Crippen molar-refractivity contribution in [2.75, 3.05) is 26.2 Å². The van der Waals surface area contributed by atoms with Gasteiger partial charge in [0.05, 0.1) is 0 Å². The predicted molar refractivity (Wildman–Crippen MR) is 129 cm³/mol. The van der Waals surface area contributed by atoms with Gasteiger partial charge in [-0.05, 0) is 86.8 Å². The summed E-state index contributed by atoms with van der Waals surface area (Å²) in [6.45, 7) is 4.24. The Kier molecular flexibility index (Phi) is 5.72. The van der Waals surface area contributed by atoms with Crippen molar-refractivity contribution >= 4 is 11.8 Å². The van der Waals surface area contributed by atoms with Crippen LogP contribution in [0.25, 0.3) is 0 Å². The molecule has 5 aliphatic carbocycles. The van der Waals surface area contributed by atoms with E-state index >= 15 is 0 Å². The molecule has 0 radical (unpaired) electrons. The molecule has 0 aromatic heterocycles. The SMILES string of the molecule is O=C(c1ccc(CNC(=O)C23CC4CC(CC(C4)C2)C3)cc1)N1CCN(C2CCCC2)CC1. The van der Waals surface area contributed by atoms with Crippen LogP contribution in [-0.2, 0) is 11.3 Å². The largest absolute Gasteiger partial charge is 0.352 e. The molecule has 1 aromatic rings. The predicted octanol–water partition coefficient (Wildman–Crippen LogP) is 4.22. The van der Waals surface area contributed by atoms with E-state index < -0.39 is 0 Å². The molecule has 1 heterocycles. The van der Waals surface area contributed by atoms with Crippen LogP contribution < -0.4 is 5.32 Å². The van der Waals surface area contributed by atoms with Crippen LogP contribution in [0, 0.1) is 23.2 Å². The number of benzene rings is 1. The third kappa shape index (κ3) is 4.22. The first-order valence-electron chi connectivity index (χ1n) is 13.5. The fourth-order valence-electron chi connectivity index (χ4n) is 8.27. The van der Waals surface area contributed by atoms with Gasteiger partial charge in [-0.15, -0.1) is 0 Å². The van der Waals surface area contributed by atoms with E-state index in [2.05, 4.69) is 10.2 Å². The van der Waals surface area contributed by atoms with Crippen LogP contribution in [0.3, 0.4) is 0 Å². The van der Waals surface area contributed by atoms with Crippen molar-refractivity contribution in [2.45, 2.75) is 76.8 Å². The molecule has 5 nitrogen and oxygen atoms in total. The highest BCUT2D eigenvalue weighted by Crippen LogP contribution is 2.60. The average Bonchev–Trinajstić information content (AvgIpc) is 3.37. The summed E-state index contributed by atoms with van der Waals surface area (Å²) in [5.74, 6) is 2.78. The molecule has 1 saturated heterocycles. The minimum Gasteiger partial charge on any atom is -0.352 e. The normalized spacial score (nSPS) is 34.1. The minimum absolute atomic E-state index is 0.0920. The molecule has 2 amide bonds. The van der Waals surface area contributed by atoms with Crippen LogP contribution in [0.5, 0.6) is 0 Å². The molecule has 33 heavy (non-hydrogen) atoms. The van der Waals surface area contributed by atoms with Crippen molar-refractivity contribution in [3.8, 4) is 0 Å². The molecule has 1 aromatic carbocycles.